The average molecular weight is 802 g/mol. The fraction of sp³-hybridized carbons (Fsp3) is 0.512. The third kappa shape index (κ3) is 9.27. The van der Waals surface area contributed by atoms with Gasteiger partial charge in [-0.3, -0.25) is 23.9 Å². The third-order valence-corrected chi connectivity index (χ3v) is 12.8. The fourth-order valence-corrected chi connectivity index (χ4v) is 9.12. The largest absolute Gasteiger partial charge is 0.497 e. The van der Waals surface area contributed by atoms with Gasteiger partial charge >= 0.3 is 0 Å². The van der Waals surface area contributed by atoms with Crippen molar-refractivity contribution in [2.24, 2.45) is 17.3 Å². The van der Waals surface area contributed by atoms with Gasteiger partial charge in [-0.25, -0.2) is 13.4 Å². The molecule has 6 rings (SSSR count). The SMILES string of the molecule is C=C[C@@H]1C[C@]1(NC(=O)[C@@H]1C[C@@H](Oc2cc(-c3ccccc3)nc3cc(OC)ccc23)CN1C(=O)C(CC(=O)N1CCCCC1)C(C)(C)C)C(=O)NS(=O)(=O)CCC. The van der Waals surface area contributed by atoms with Gasteiger partial charge < -0.3 is 24.6 Å². The quantitative estimate of drug-likeness (QED) is 0.208. The molecule has 5 atom stereocenters. The lowest BCUT2D eigenvalue weighted by Gasteiger charge is -2.36. The van der Waals surface area contributed by atoms with Crippen molar-refractivity contribution in [3.8, 4) is 22.8 Å². The molecular weight excluding hydrogens is 747 g/mol. The van der Waals surface area contributed by atoms with Crippen molar-refractivity contribution in [1.82, 2.24) is 24.8 Å². The van der Waals surface area contributed by atoms with Crippen LogP contribution in [0.15, 0.2) is 67.3 Å². The molecule has 3 fully saturated rings. The average Bonchev–Trinajstić information content (AvgIpc) is 3.75. The van der Waals surface area contributed by atoms with Crippen molar-refractivity contribution in [3.63, 3.8) is 0 Å². The number of benzene rings is 2. The monoisotopic (exact) mass is 801 g/mol. The molecule has 0 spiro atoms. The first-order valence-electron chi connectivity index (χ1n) is 19.9. The summed E-state index contributed by atoms with van der Waals surface area (Å²) >= 11 is 0. The van der Waals surface area contributed by atoms with Gasteiger partial charge in [-0.2, -0.15) is 0 Å². The molecule has 0 radical (unpaired) electrons. The summed E-state index contributed by atoms with van der Waals surface area (Å²) in [6.45, 7) is 12.6. The Morgan fingerprint density at radius 3 is 2.40 bits per heavy atom. The molecule has 2 aliphatic heterocycles. The Hall–Kier alpha value is -4.98. The number of pyridine rings is 1. The molecule has 3 aromatic rings. The van der Waals surface area contributed by atoms with Crippen LogP contribution in [-0.4, -0.2) is 97.0 Å². The summed E-state index contributed by atoms with van der Waals surface area (Å²) in [6.07, 6.45) is 4.23. The lowest BCUT2D eigenvalue weighted by molar-refractivity contribution is -0.148. The number of amides is 4. The molecule has 1 aromatic heterocycles. The normalized spacial score (nSPS) is 22.7. The van der Waals surface area contributed by atoms with Crippen LogP contribution < -0.4 is 19.5 Å². The van der Waals surface area contributed by atoms with Crippen molar-refractivity contribution >= 4 is 44.6 Å². The number of rotatable bonds is 14. The Kier molecular flexibility index (Phi) is 12.3. The van der Waals surface area contributed by atoms with Crippen LogP contribution in [0.3, 0.4) is 0 Å². The van der Waals surface area contributed by atoms with E-state index in [1.807, 2.05) is 80.3 Å². The molecule has 14 heteroatoms. The molecule has 1 unspecified atom stereocenters. The molecule has 2 aromatic carbocycles. The van der Waals surface area contributed by atoms with E-state index in [0.29, 0.717) is 47.6 Å². The predicted molar refractivity (Wildman–Crippen MR) is 218 cm³/mol. The fourth-order valence-electron chi connectivity index (χ4n) is 8.01. The van der Waals surface area contributed by atoms with Gasteiger partial charge in [0.15, 0.2) is 0 Å². The number of hydrogen-bond acceptors (Lipinski definition) is 9. The highest BCUT2D eigenvalue weighted by Gasteiger charge is 2.61. The van der Waals surface area contributed by atoms with Crippen LogP contribution in [0, 0.1) is 17.3 Å². The minimum Gasteiger partial charge on any atom is -0.497 e. The number of aromatic nitrogens is 1. The standard InChI is InChI=1S/C43H55N5O8S/c1-7-21-57(53,54)46-41(52)43(26-29(43)8-2)45-39(50)36-23-31(27-48(36)40(51)33(42(3,4)5)24-38(49)47-19-13-10-14-20-47)56-37-25-34(28-15-11-9-12-16-28)44-35-22-30(55-6)17-18-32(35)37/h8-9,11-12,15-18,22,25,29,31,33,36H,2,7,10,13-14,19-21,23-24,26-27H2,1,3-6H3,(H,45,50)(H,46,52)/t29-,31-,33?,36+,43-/m1/s1. The summed E-state index contributed by atoms with van der Waals surface area (Å²) in [5.41, 5.74) is -0.0426. The summed E-state index contributed by atoms with van der Waals surface area (Å²) in [6, 6.07) is 15.9. The highest BCUT2D eigenvalue weighted by atomic mass is 32.2. The van der Waals surface area contributed by atoms with E-state index in [1.165, 1.54) is 11.0 Å². The van der Waals surface area contributed by atoms with E-state index in [-0.39, 0.29) is 43.4 Å². The molecule has 2 N–H and O–H groups in total. The lowest BCUT2D eigenvalue weighted by Crippen LogP contribution is -2.57. The Bertz CT molecular complexity index is 2110. The van der Waals surface area contributed by atoms with Gasteiger partial charge in [0.1, 0.15) is 29.2 Å². The van der Waals surface area contributed by atoms with Crippen LogP contribution in [0.5, 0.6) is 11.5 Å². The molecule has 57 heavy (non-hydrogen) atoms. The number of piperidine rings is 1. The van der Waals surface area contributed by atoms with Gasteiger partial charge in [0.05, 0.1) is 36.5 Å². The van der Waals surface area contributed by atoms with Gasteiger partial charge in [0, 0.05) is 54.9 Å². The maximum Gasteiger partial charge on any atom is 0.259 e. The van der Waals surface area contributed by atoms with Gasteiger partial charge in [-0.05, 0) is 49.7 Å². The number of carbonyl (C=O) groups is 4. The number of ether oxygens (including phenoxy) is 2. The summed E-state index contributed by atoms with van der Waals surface area (Å²) in [5, 5.41) is 3.56. The highest BCUT2D eigenvalue weighted by molar-refractivity contribution is 7.90. The van der Waals surface area contributed by atoms with Crippen molar-refractivity contribution < 1.29 is 37.1 Å². The lowest BCUT2D eigenvalue weighted by atomic mass is 9.77. The van der Waals surface area contributed by atoms with Crippen molar-refractivity contribution in [2.75, 3.05) is 32.5 Å². The smallest absolute Gasteiger partial charge is 0.259 e. The second-order valence-electron chi connectivity index (χ2n) is 16.6. The Labute approximate surface area is 335 Å². The predicted octanol–water partition coefficient (Wildman–Crippen LogP) is 5.24. The van der Waals surface area contributed by atoms with E-state index in [9.17, 15) is 27.6 Å². The van der Waals surface area contributed by atoms with Crippen molar-refractivity contribution in [3.05, 3.63) is 67.3 Å². The van der Waals surface area contributed by atoms with E-state index < -0.39 is 56.8 Å². The third-order valence-electron chi connectivity index (χ3n) is 11.4. The summed E-state index contributed by atoms with van der Waals surface area (Å²) in [5.74, 6) is -2.35. The molecule has 0 bridgehead atoms. The van der Waals surface area contributed by atoms with E-state index in [2.05, 4.69) is 16.6 Å². The minimum absolute atomic E-state index is 0.0177. The first-order valence-corrected chi connectivity index (χ1v) is 21.5. The van der Waals surface area contributed by atoms with Crippen LogP contribution >= 0.6 is 0 Å². The number of sulfonamides is 1. The van der Waals surface area contributed by atoms with Gasteiger partial charge in [-0.1, -0.05) is 64.1 Å². The second kappa shape index (κ2) is 16.9. The Balaban J connectivity index is 1.34. The van der Waals surface area contributed by atoms with Gasteiger partial charge in [0.2, 0.25) is 27.7 Å². The Morgan fingerprint density at radius 1 is 1.05 bits per heavy atom. The molecule has 13 nitrogen and oxygen atoms in total. The number of hydrogen-bond donors (Lipinski definition) is 2. The highest BCUT2D eigenvalue weighted by Crippen LogP contribution is 2.45. The molecule has 1 aliphatic carbocycles. The number of nitrogens with zero attached hydrogens (tertiary/aromatic N) is 3. The first-order chi connectivity index (χ1) is 27.1. The van der Waals surface area contributed by atoms with Crippen LogP contribution in [0.25, 0.3) is 22.2 Å². The maximum atomic E-state index is 14.9. The molecular formula is C43H55N5O8S. The number of fused-ring (bicyclic) bond motifs is 1. The summed E-state index contributed by atoms with van der Waals surface area (Å²) in [4.78, 5) is 64.8. The number of nitrogens with one attached hydrogen (secondary N) is 2. The first kappa shape index (κ1) is 41.6. The van der Waals surface area contributed by atoms with Crippen LogP contribution in [-0.2, 0) is 29.2 Å². The number of carbonyl (C=O) groups excluding carboxylic acids is 4. The zero-order valence-electron chi connectivity index (χ0n) is 33.6. The van der Waals surface area contributed by atoms with Crippen molar-refractivity contribution in [1.29, 1.82) is 0 Å². The number of likely N-dealkylation sites (tertiary alicyclic amines) is 2. The van der Waals surface area contributed by atoms with Crippen LogP contribution in [0.2, 0.25) is 0 Å². The van der Waals surface area contributed by atoms with Crippen molar-refractivity contribution in [2.45, 2.75) is 90.3 Å². The molecule has 4 amide bonds. The molecule has 3 aliphatic rings. The second-order valence-corrected chi connectivity index (χ2v) is 18.4. The van der Waals surface area contributed by atoms with Gasteiger partial charge in [-0.15, -0.1) is 6.58 Å². The topological polar surface area (TPSA) is 164 Å². The molecule has 306 valence electrons. The minimum atomic E-state index is -3.94. The van der Waals surface area contributed by atoms with Crippen LogP contribution in [0.4, 0.5) is 0 Å². The van der Waals surface area contributed by atoms with E-state index in [0.717, 1.165) is 24.8 Å². The Morgan fingerprint density at radius 2 is 1.77 bits per heavy atom. The zero-order chi connectivity index (χ0) is 41.1. The summed E-state index contributed by atoms with van der Waals surface area (Å²) in [7, 11) is -2.36. The van der Waals surface area contributed by atoms with Gasteiger partial charge in [0.25, 0.3) is 5.91 Å². The molecule has 3 heterocycles. The molecule has 2 saturated heterocycles. The molecule has 1 saturated carbocycles. The van der Waals surface area contributed by atoms with E-state index in [1.54, 1.807) is 14.0 Å². The maximum absolute atomic E-state index is 14.9. The van der Waals surface area contributed by atoms with Crippen LogP contribution in [0.1, 0.15) is 72.6 Å². The summed E-state index contributed by atoms with van der Waals surface area (Å²) < 4.78 is 39.7. The van der Waals surface area contributed by atoms with E-state index in [4.69, 9.17) is 14.5 Å². The van der Waals surface area contributed by atoms with E-state index >= 15 is 0 Å². The zero-order valence-corrected chi connectivity index (χ0v) is 34.4. The number of methoxy groups -OCH3 is 1.